The average Bonchev–Trinajstić information content (AvgIpc) is 2.60. The Bertz CT molecular complexity index is 539. The molecule has 0 spiro atoms. The number of alkyl carbamates (subject to hydrolysis) is 1. The maximum absolute atomic E-state index is 12.5. The van der Waals surface area contributed by atoms with Gasteiger partial charge in [-0.15, -0.1) is 0 Å². The number of amides is 2. The van der Waals surface area contributed by atoms with Crippen molar-refractivity contribution in [2.45, 2.75) is 58.2 Å². The Labute approximate surface area is 144 Å². The van der Waals surface area contributed by atoms with Crippen LogP contribution in [-0.4, -0.2) is 36.0 Å². The largest absolute Gasteiger partial charge is 0.445 e. The van der Waals surface area contributed by atoms with Gasteiger partial charge in [0.25, 0.3) is 0 Å². The molecule has 0 heterocycles. The maximum atomic E-state index is 12.5. The van der Waals surface area contributed by atoms with Crippen molar-refractivity contribution in [3.63, 3.8) is 0 Å². The molecule has 1 aliphatic rings. The third kappa shape index (κ3) is 5.25. The van der Waals surface area contributed by atoms with Crippen molar-refractivity contribution in [1.29, 1.82) is 0 Å². The number of ether oxygens (including phenoxy) is 1. The van der Waals surface area contributed by atoms with E-state index in [4.69, 9.17) is 4.74 Å². The Hall–Kier alpha value is -2.04. The van der Waals surface area contributed by atoms with Crippen LogP contribution in [0.4, 0.5) is 4.79 Å². The number of nitrogens with zero attached hydrogens (tertiary/aromatic N) is 1. The van der Waals surface area contributed by atoms with Crippen LogP contribution < -0.4 is 5.32 Å². The van der Waals surface area contributed by atoms with Crippen molar-refractivity contribution in [3.8, 4) is 0 Å². The van der Waals surface area contributed by atoms with Crippen LogP contribution in [0, 0.1) is 5.92 Å². The molecule has 1 fully saturated rings. The zero-order valence-electron chi connectivity index (χ0n) is 14.8. The molecule has 0 aliphatic heterocycles. The van der Waals surface area contributed by atoms with Gasteiger partial charge in [-0.05, 0) is 44.1 Å². The zero-order chi connectivity index (χ0) is 17.5. The second-order valence-corrected chi connectivity index (χ2v) is 6.79. The Morgan fingerprint density at radius 3 is 2.46 bits per heavy atom. The Kier molecular flexibility index (Phi) is 6.64. The highest BCUT2D eigenvalue weighted by molar-refractivity contribution is 5.85. The van der Waals surface area contributed by atoms with Crippen molar-refractivity contribution in [2.24, 2.45) is 5.92 Å². The number of nitrogens with one attached hydrogen (secondary N) is 1. The molecule has 24 heavy (non-hydrogen) atoms. The second-order valence-electron chi connectivity index (χ2n) is 6.79. The third-order valence-corrected chi connectivity index (χ3v) is 4.80. The third-order valence-electron chi connectivity index (χ3n) is 4.80. The lowest BCUT2D eigenvalue weighted by atomic mass is 9.86. The number of benzene rings is 1. The van der Waals surface area contributed by atoms with E-state index in [0.29, 0.717) is 0 Å². The molecule has 0 aromatic heterocycles. The van der Waals surface area contributed by atoms with E-state index in [0.717, 1.165) is 37.2 Å². The van der Waals surface area contributed by atoms with Crippen molar-refractivity contribution in [2.75, 3.05) is 7.05 Å². The van der Waals surface area contributed by atoms with Crippen molar-refractivity contribution < 1.29 is 14.3 Å². The zero-order valence-corrected chi connectivity index (χ0v) is 14.8. The lowest BCUT2D eigenvalue weighted by Crippen LogP contribution is -2.49. The number of carbonyl (C=O) groups excluding carboxylic acids is 2. The summed E-state index contributed by atoms with van der Waals surface area (Å²) in [5, 5.41) is 2.63. The molecule has 0 bridgehead atoms. The van der Waals surface area contributed by atoms with Crippen LogP contribution in [-0.2, 0) is 16.1 Å². The molecule has 5 nitrogen and oxygen atoms in total. The molecule has 1 N–H and O–H groups in total. The predicted molar refractivity (Wildman–Crippen MR) is 93.4 cm³/mol. The minimum Gasteiger partial charge on any atom is -0.445 e. The standard InChI is InChI=1S/C19H28N2O3/c1-14-9-11-17(12-10-14)21(3)18(22)15(2)20-19(23)24-13-16-7-5-4-6-8-16/h4-8,14-15,17H,9-13H2,1-3H3,(H,20,23)/t14?,15-,17?/m1/s1. The fourth-order valence-corrected chi connectivity index (χ4v) is 3.12. The van der Waals surface area contributed by atoms with Gasteiger partial charge in [-0.3, -0.25) is 4.79 Å². The first-order chi connectivity index (χ1) is 11.5. The summed E-state index contributed by atoms with van der Waals surface area (Å²) in [5.74, 6) is 0.680. The quantitative estimate of drug-likeness (QED) is 0.899. The SMILES string of the molecule is CC1CCC(N(C)C(=O)[C@@H](C)NC(=O)OCc2ccccc2)CC1. The molecule has 0 radical (unpaired) electrons. The van der Waals surface area contributed by atoms with Crippen LogP contribution in [0.3, 0.4) is 0 Å². The number of carbonyl (C=O) groups is 2. The van der Waals surface area contributed by atoms with Gasteiger partial charge in [0.15, 0.2) is 0 Å². The Morgan fingerprint density at radius 2 is 1.83 bits per heavy atom. The molecule has 0 unspecified atom stereocenters. The van der Waals surface area contributed by atoms with Gasteiger partial charge in [0, 0.05) is 13.1 Å². The van der Waals surface area contributed by atoms with Gasteiger partial charge in [0.1, 0.15) is 12.6 Å². The van der Waals surface area contributed by atoms with Crippen molar-refractivity contribution in [3.05, 3.63) is 35.9 Å². The van der Waals surface area contributed by atoms with Gasteiger partial charge in [-0.1, -0.05) is 37.3 Å². The molecular formula is C19H28N2O3. The molecule has 5 heteroatoms. The highest BCUT2D eigenvalue weighted by atomic mass is 16.5. The second kappa shape index (κ2) is 8.71. The summed E-state index contributed by atoms with van der Waals surface area (Å²) in [6.07, 6.45) is 3.82. The smallest absolute Gasteiger partial charge is 0.408 e. The summed E-state index contributed by atoms with van der Waals surface area (Å²) in [6.45, 7) is 4.16. The minimum absolute atomic E-state index is 0.0637. The first-order valence-corrected chi connectivity index (χ1v) is 8.71. The average molecular weight is 332 g/mol. The van der Waals surface area contributed by atoms with E-state index in [1.54, 1.807) is 11.8 Å². The van der Waals surface area contributed by atoms with E-state index in [9.17, 15) is 9.59 Å². The van der Waals surface area contributed by atoms with E-state index < -0.39 is 12.1 Å². The van der Waals surface area contributed by atoms with Gasteiger partial charge in [0.05, 0.1) is 0 Å². The molecule has 1 atom stereocenters. The summed E-state index contributed by atoms with van der Waals surface area (Å²) in [6, 6.07) is 9.16. The normalized spacial score (nSPS) is 21.6. The molecular weight excluding hydrogens is 304 g/mol. The van der Waals surface area contributed by atoms with E-state index >= 15 is 0 Å². The summed E-state index contributed by atoms with van der Waals surface area (Å²) in [4.78, 5) is 26.1. The summed E-state index contributed by atoms with van der Waals surface area (Å²) >= 11 is 0. The fraction of sp³-hybridized carbons (Fsp3) is 0.579. The van der Waals surface area contributed by atoms with Crippen molar-refractivity contribution in [1.82, 2.24) is 10.2 Å². The van der Waals surface area contributed by atoms with E-state index in [1.807, 2.05) is 37.4 Å². The monoisotopic (exact) mass is 332 g/mol. The first kappa shape index (κ1) is 18.3. The molecule has 2 amide bonds. The van der Waals surface area contributed by atoms with Crippen molar-refractivity contribution >= 4 is 12.0 Å². The van der Waals surface area contributed by atoms with Gasteiger partial charge in [0.2, 0.25) is 5.91 Å². The van der Waals surface area contributed by atoms with Crippen LogP contribution in [0.1, 0.15) is 45.1 Å². The van der Waals surface area contributed by atoms with Crippen LogP contribution >= 0.6 is 0 Å². The summed E-state index contributed by atoms with van der Waals surface area (Å²) in [5.41, 5.74) is 0.917. The molecule has 0 saturated heterocycles. The summed E-state index contributed by atoms with van der Waals surface area (Å²) in [7, 11) is 1.83. The van der Waals surface area contributed by atoms with Gasteiger partial charge < -0.3 is 15.0 Å². The van der Waals surface area contributed by atoms with Crippen LogP contribution in [0.15, 0.2) is 30.3 Å². The fourth-order valence-electron chi connectivity index (χ4n) is 3.12. The highest BCUT2D eigenvalue weighted by Crippen LogP contribution is 2.26. The topological polar surface area (TPSA) is 58.6 Å². The lowest BCUT2D eigenvalue weighted by molar-refractivity contribution is -0.134. The van der Waals surface area contributed by atoms with Gasteiger partial charge in [-0.25, -0.2) is 4.79 Å². The highest BCUT2D eigenvalue weighted by Gasteiger charge is 2.28. The van der Waals surface area contributed by atoms with Gasteiger partial charge in [-0.2, -0.15) is 0 Å². The van der Waals surface area contributed by atoms with Crippen LogP contribution in [0.25, 0.3) is 0 Å². The minimum atomic E-state index is -0.586. The maximum Gasteiger partial charge on any atom is 0.408 e. The number of rotatable bonds is 5. The van der Waals surface area contributed by atoms with Crippen LogP contribution in [0.5, 0.6) is 0 Å². The number of hydrogen-bond acceptors (Lipinski definition) is 3. The molecule has 132 valence electrons. The molecule has 1 aromatic carbocycles. The number of hydrogen-bond donors (Lipinski definition) is 1. The lowest BCUT2D eigenvalue weighted by Gasteiger charge is -2.35. The predicted octanol–water partition coefficient (Wildman–Crippen LogP) is 3.34. The molecule has 1 saturated carbocycles. The summed E-state index contributed by atoms with van der Waals surface area (Å²) < 4.78 is 5.17. The van der Waals surface area contributed by atoms with E-state index in [1.165, 1.54) is 0 Å². The first-order valence-electron chi connectivity index (χ1n) is 8.71. The van der Waals surface area contributed by atoms with E-state index in [2.05, 4.69) is 12.2 Å². The molecule has 1 aromatic rings. The number of likely N-dealkylation sites (N-methyl/N-ethyl adjacent to an activating group) is 1. The Balaban J connectivity index is 1.76. The van der Waals surface area contributed by atoms with Crippen LogP contribution in [0.2, 0.25) is 0 Å². The van der Waals surface area contributed by atoms with E-state index in [-0.39, 0.29) is 18.6 Å². The molecule has 1 aliphatic carbocycles. The Morgan fingerprint density at radius 1 is 1.21 bits per heavy atom. The van der Waals surface area contributed by atoms with Gasteiger partial charge >= 0.3 is 6.09 Å². The molecule has 2 rings (SSSR count).